The zero-order valence-electron chi connectivity index (χ0n) is 14.5. The lowest BCUT2D eigenvalue weighted by atomic mass is 10.1. The molecule has 0 radical (unpaired) electrons. The van der Waals surface area contributed by atoms with Gasteiger partial charge in [-0.05, 0) is 31.4 Å². The van der Waals surface area contributed by atoms with Crippen LogP contribution in [0.1, 0.15) is 24.8 Å². The summed E-state index contributed by atoms with van der Waals surface area (Å²) in [5.74, 6) is 1.38. The monoisotopic (exact) mass is 352 g/mol. The Balaban J connectivity index is 1.60. The van der Waals surface area contributed by atoms with Crippen molar-refractivity contribution in [3.8, 4) is 5.69 Å². The number of hydrogen-bond acceptors (Lipinski definition) is 5. The maximum absolute atomic E-state index is 13.0. The number of carbonyl (C=O) groups is 1. The lowest BCUT2D eigenvalue weighted by Crippen LogP contribution is -2.43. The largest absolute Gasteiger partial charge is 0.352 e. The van der Waals surface area contributed by atoms with Crippen molar-refractivity contribution < 1.29 is 4.79 Å². The molecule has 0 unspecified atom stereocenters. The van der Waals surface area contributed by atoms with Crippen LogP contribution in [0.5, 0.6) is 0 Å². The van der Waals surface area contributed by atoms with Gasteiger partial charge in [-0.2, -0.15) is 0 Å². The van der Waals surface area contributed by atoms with Gasteiger partial charge in [0.1, 0.15) is 12.4 Å². The standard InChI is InChI=1S/C18H20N6O2/c25-15(21-9-3-4-10-21)12-23-18(26)24-14-7-2-1-6-13(14)16-19-8-5-11-22(16)17(24)20-23/h1-2,6-7H,3-5,8-12H2. The van der Waals surface area contributed by atoms with E-state index in [0.717, 1.165) is 62.5 Å². The summed E-state index contributed by atoms with van der Waals surface area (Å²) in [4.78, 5) is 34.0. The van der Waals surface area contributed by atoms with Crippen molar-refractivity contribution in [2.24, 2.45) is 4.99 Å². The second kappa shape index (κ2) is 5.82. The fourth-order valence-electron chi connectivity index (χ4n) is 3.97. The maximum atomic E-state index is 13.0. The van der Waals surface area contributed by atoms with Crippen LogP contribution in [0.4, 0.5) is 5.95 Å². The van der Waals surface area contributed by atoms with Crippen LogP contribution in [0, 0.1) is 0 Å². The summed E-state index contributed by atoms with van der Waals surface area (Å²) in [7, 11) is 0. The number of likely N-dealkylation sites (tertiary alicyclic amines) is 1. The minimum Gasteiger partial charge on any atom is -0.341 e. The van der Waals surface area contributed by atoms with E-state index < -0.39 is 0 Å². The average Bonchev–Trinajstić information content (AvgIpc) is 3.31. The molecule has 1 saturated heterocycles. The van der Waals surface area contributed by atoms with Crippen LogP contribution in [-0.4, -0.2) is 57.2 Å². The van der Waals surface area contributed by atoms with Crippen LogP contribution < -0.4 is 10.6 Å². The summed E-state index contributed by atoms with van der Waals surface area (Å²) in [6, 6.07) is 7.74. The summed E-state index contributed by atoms with van der Waals surface area (Å²) in [6.45, 7) is 3.07. The first-order valence-corrected chi connectivity index (χ1v) is 9.13. The normalized spacial score (nSPS) is 18.2. The van der Waals surface area contributed by atoms with Gasteiger partial charge in [0.2, 0.25) is 11.9 Å². The third-order valence-corrected chi connectivity index (χ3v) is 5.25. The Kier molecular flexibility index (Phi) is 3.44. The third-order valence-electron chi connectivity index (χ3n) is 5.25. The van der Waals surface area contributed by atoms with E-state index in [0.29, 0.717) is 5.95 Å². The predicted octanol–water partition coefficient (Wildman–Crippen LogP) is 0.627. The number of fused-ring (bicyclic) bond motifs is 6. The Hall–Kier alpha value is -2.90. The van der Waals surface area contributed by atoms with Gasteiger partial charge in [0, 0.05) is 31.7 Å². The van der Waals surface area contributed by atoms with E-state index in [2.05, 4.69) is 10.1 Å². The molecule has 3 aliphatic heterocycles. The van der Waals surface area contributed by atoms with Crippen molar-refractivity contribution >= 4 is 17.7 Å². The second-order valence-corrected chi connectivity index (χ2v) is 6.89. The topological polar surface area (TPSA) is 75.7 Å². The van der Waals surface area contributed by atoms with E-state index in [4.69, 9.17) is 0 Å². The Morgan fingerprint density at radius 1 is 1.08 bits per heavy atom. The fraction of sp³-hybridized carbons (Fsp3) is 0.444. The van der Waals surface area contributed by atoms with Gasteiger partial charge < -0.3 is 4.90 Å². The molecule has 8 heteroatoms. The molecule has 1 aromatic carbocycles. The molecule has 0 aliphatic carbocycles. The molecule has 0 saturated carbocycles. The number of hydrogen-bond donors (Lipinski definition) is 0. The Morgan fingerprint density at radius 3 is 2.73 bits per heavy atom. The number of para-hydroxylation sites is 1. The fourth-order valence-corrected chi connectivity index (χ4v) is 3.97. The molecule has 1 fully saturated rings. The van der Waals surface area contributed by atoms with Crippen LogP contribution in [0.3, 0.4) is 0 Å². The molecule has 0 atom stereocenters. The van der Waals surface area contributed by atoms with Gasteiger partial charge in [-0.3, -0.25) is 14.7 Å². The van der Waals surface area contributed by atoms with E-state index in [1.54, 1.807) is 4.57 Å². The lowest BCUT2D eigenvalue weighted by molar-refractivity contribution is -0.131. The summed E-state index contributed by atoms with van der Waals surface area (Å²) >= 11 is 0. The molecule has 26 heavy (non-hydrogen) atoms. The molecule has 5 rings (SSSR count). The van der Waals surface area contributed by atoms with Gasteiger partial charge in [-0.25, -0.2) is 14.0 Å². The smallest absolute Gasteiger partial charge is 0.341 e. The Bertz CT molecular complexity index is 966. The zero-order valence-corrected chi connectivity index (χ0v) is 14.5. The highest BCUT2D eigenvalue weighted by atomic mass is 16.2. The van der Waals surface area contributed by atoms with Crippen molar-refractivity contribution in [2.75, 3.05) is 31.1 Å². The molecule has 4 heterocycles. The van der Waals surface area contributed by atoms with Crippen molar-refractivity contribution in [3.63, 3.8) is 0 Å². The number of nitrogens with zero attached hydrogens (tertiary/aromatic N) is 6. The lowest BCUT2D eigenvalue weighted by Gasteiger charge is -2.33. The first-order chi connectivity index (χ1) is 12.7. The molecule has 8 nitrogen and oxygen atoms in total. The number of anilines is 1. The highest BCUT2D eigenvalue weighted by molar-refractivity contribution is 6.13. The highest BCUT2D eigenvalue weighted by Gasteiger charge is 2.33. The second-order valence-electron chi connectivity index (χ2n) is 6.89. The number of amidine groups is 1. The zero-order chi connectivity index (χ0) is 17.7. The summed E-state index contributed by atoms with van der Waals surface area (Å²) in [6.07, 6.45) is 2.97. The van der Waals surface area contributed by atoms with Crippen LogP contribution in [-0.2, 0) is 11.3 Å². The first kappa shape index (κ1) is 15.4. The molecule has 1 amide bonds. The van der Waals surface area contributed by atoms with Crippen molar-refractivity contribution in [3.05, 3.63) is 40.3 Å². The van der Waals surface area contributed by atoms with Gasteiger partial charge in [0.25, 0.3) is 0 Å². The van der Waals surface area contributed by atoms with Gasteiger partial charge in [-0.15, -0.1) is 5.10 Å². The Labute approximate surface area is 150 Å². The molecule has 0 N–H and O–H groups in total. The van der Waals surface area contributed by atoms with E-state index in [1.807, 2.05) is 34.1 Å². The maximum Gasteiger partial charge on any atom is 0.352 e. The van der Waals surface area contributed by atoms with Gasteiger partial charge in [0.05, 0.1) is 5.69 Å². The minimum atomic E-state index is -0.273. The quantitative estimate of drug-likeness (QED) is 0.794. The molecule has 1 aromatic heterocycles. The van der Waals surface area contributed by atoms with E-state index in [1.165, 1.54) is 4.68 Å². The molecule has 2 aromatic rings. The van der Waals surface area contributed by atoms with E-state index in [-0.39, 0.29) is 18.1 Å². The summed E-state index contributed by atoms with van der Waals surface area (Å²) < 4.78 is 2.90. The molecule has 3 aliphatic rings. The van der Waals surface area contributed by atoms with Crippen LogP contribution in [0.15, 0.2) is 34.1 Å². The molecular formula is C18H20N6O2. The molecule has 0 bridgehead atoms. The van der Waals surface area contributed by atoms with E-state index >= 15 is 0 Å². The summed E-state index contributed by atoms with van der Waals surface area (Å²) in [5.41, 5.74) is 1.45. The number of rotatable bonds is 2. The van der Waals surface area contributed by atoms with Crippen molar-refractivity contribution in [2.45, 2.75) is 25.8 Å². The van der Waals surface area contributed by atoms with Gasteiger partial charge >= 0.3 is 5.69 Å². The van der Waals surface area contributed by atoms with Crippen LogP contribution >= 0.6 is 0 Å². The number of aromatic nitrogens is 3. The third kappa shape index (κ3) is 2.21. The van der Waals surface area contributed by atoms with Crippen LogP contribution in [0.25, 0.3) is 5.69 Å². The molecular weight excluding hydrogens is 332 g/mol. The first-order valence-electron chi connectivity index (χ1n) is 9.13. The minimum absolute atomic E-state index is 0.0126. The van der Waals surface area contributed by atoms with E-state index in [9.17, 15) is 9.59 Å². The number of benzene rings is 1. The number of carbonyl (C=O) groups excluding carboxylic acids is 1. The number of aliphatic imine (C=N–C) groups is 1. The molecule has 134 valence electrons. The number of amides is 1. The van der Waals surface area contributed by atoms with Crippen molar-refractivity contribution in [1.82, 2.24) is 19.2 Å². The highest BCUT2D eigenvalue weighted by Crippen LogP contribution is 2.29. The average molecular weight is 352 g/mol. The van der Waals surface area contributed by atoms with Gasteiger partial charge in [0.15, 0.2) is 0 Å². The van der Waals surface area contributed by atoms with Crippen molar-refractivity contribution in [1.29, 1.82) is 0 Å². The Morgan fingerprint density at radius 2 is 1.88 bits per heavy atom. The van der Waals surface area contributed by atoms with Gasteiger partial charge in [-0.1, -0.05) is 12.1 Å². The predicted molar refractivity (Wildman–Crippen MR) is 97.0 cm³/mol. The van der Waals surface area contributed by atoms with Crippen LogP contribution in [0.2, 0.25) is 0 Å². The SMILES string of the molecule is O=C(Cn1nc2n(c1=O)-c1ccccc1C1=NCCCN12)N1CCCC1. The molecule has 0 spiro atoms. The summed E-state index contributed by atoms with van der Waals surface area (Å²) in [5, 5.41) is 4.51.